The molecule has 0 aliphatic heterocycles. The first-order valence-electron chi connectivity index (χ1n) is 9.39. The number of ether oxygens (including phenoxy) is 1. The number of H-pyrrole nitrogens is 1. The molecule has 0 bridgehead atoms. The van der Waals surface area contributed by atoms with Crippen molar-refractivity contribution >= 4 is 27.6 Å². The van der Waals surface area contributed by atoms with E-state index in [-0.39, 0.29) is 5.91 Å². The lowest BCUT2D eigenvalue weighted by Gasteiger charge is -2.06. The zero-order chi connectivity index (χ0) is 19.7. The van der Waals surface area contributed by atoms with E-state index in [2.05, 4.69) is 33.6 Å². The highest BCUT2D eigenvalue weighted by Gasteiger charge is 2.15. The molecule has 0 fully saturated rings. The summed E-state index contributed by atoms with van der Waals surface area (Å²) in [6, 6.07) is 14.2. The van der Waals surface area contributed by atoms with Crippen LogP contribution < -0.4 is 5.32 Å². The molecule has 6 nitrogen and oxygen atoms in total. The zero-order valence-electron chi connectivity index (χ0n) is 16.4. The molecule has 0 aliphatic carbocycles. The number of hydrogen-bond acceptors (Lipinski definition) is 3. The van der Waals surface area contributed by atoms with Gasteiger partial charge in [0.2, 0.25) is 0 Å². The Balaban J connectivity index is 1.54. The standard InChI is InChI=1S/C22H24N4O2/c1-14-19(15(2)26(25-14)10-11-28-3)13-23-22(27)21-12-18-17-7-5-4-6-16(17)8-9-20(18)24-21/h4-9,12,24H,10-11,13H2,1-3H3,(H,23,27). The van der Waals surface area contributed by atoms with Gasteiger partial charge >= 0.3 is 0 Å². The zero-order valence-corrected chi connectivity index (χ0v) is 16.4. The molecular formula is C22H24N4O2. The molecule has 4 aromatic rings. The Kier molecular flexibility index (Phi) is 4.88. The second-order valence-corrected chi connectivity index (χ2v) is 6.98. The van der Waals surface area contributed by atoms with Crippen molar-refractivity contribution in [2.24, 2.45) is 0 Å². The normalized spacial score (nSPS) is 11.4. The van der Waals surface area contributed by atoms with Gasteiger partial charge < -0.3 is 15.0 Å². The van der Waals surface area contributed by atoms with Gasteiger partial charge in [0.1, 0.15) is 5.69 Å². The van der Waals surface area contributed by atoms with E-state index in [1.165, 1.54) is 0 Å². The van der Waals surface area contributed by atoms with Gasteiger partial charge in [-0.1, -0.05) is 30.3 Å². The highest BCUT2D eigenvalue weighted by atomic mass is 16.5. The number of fused-ring (bicyclic) bond motifs is 3. The van der Waals surface area contributed by atoms with Crippen molar-refractivity contribution in [1.29, 1.82) is 0 Å². The van der Waals surface area contributed by atoms with E-state index in [0.717, 1.165) is 38.6 Å². The lowest BCUT2D eigenvalue weighted by Crippen LogP contribution is -2.23. The summed E-state index contributed by atoms with van der Waals surface area (Å²) in [6.45, 7) is 5.74. The van der Waals surface area contributed by atoms with Gasteiger partial charge in [0.25, 0.3) is 5.91 Å². The Morgan fingerprint density at radius 3 is 2.82 bits per heavy atom. The number of aromatic amines is 1. The Morgan fingerprint density at radius 1 is 1.18 bits per heavy atom. The summed E-state index contributed by atoms with van der Waals surface area (Å²) in [4.78, 5) is 16.0. The maximum absolute atomic E-state index is 12.7. The predicted octanol–water partition coefficient (Wildman–Crippen LogP) is 3.71. The van der Waals surface area contributed by atoms with Crippen molar-refractivity contribution in [3.8, 4) is 0 Å². The fraction of sp³-hybridized carbons (Fsp3) is 0.273. The van der Waals surface area contributed by atoms with Crippen molar-refractivity contribution in [2.75, 3.05) is 13.7 Å². The third kappa shape index (κ3) is 3.27. The number of rotatable bonds is 6. The summed E-state index contributed by atoms with van der Waals surface area (Å²) in [6.07, 6.45) is 0. The van der Waals surface area contributed by atoms with Crippen molar-refractivity contribution in [3.63, 3.8) is 0 Å². The molecule has 0 unspecified atom stereocenters. The first kappa shape index (κ1) is 18.3. The highest BCUT2D eigenvalue weighted by Crippen LogP contribution is 2.26. The van der Waals surface area contributed by atoms with E-state index < -0.39 is 0 Å². The number of hydrogen-bond donors (Lipinski definition) is 2. The molecule has 2 N–H and O–H groups in total. The Bertz CT molecular complexity index is 1160. The molecule has 0 spiro atoms. The van der Waals surface area contributed by atoms with E-state index in [1.807, 2.05) is 42.8 Å². The van der Waals surface area contributed by atoms with E-state index in [0.29, 0.717) is 25.4 Å². The molecule has 0 saturated carbocycles. The average Bonchev–Trinajstić information content (AvgIpc) is 3.26. The van der Waals surface area contributed by atoms with Crippen LogP contribution in [0.4, 0.5) is 0 Å². The van der Waals surface area contributed by atoms with Crippen molar-refractivity contribution in [2.45, 2.75) is 26.9 Å². The van der Waals surface area contributed by atoms with Crippen LogP contribution in [0, 0.1) is 13.8 Å². The molecule has 2 aromatic carbocycles. The highest BCUT2D eigenvalue weighted by molar-refractivity contribution is 6.09. The minimum atomic E-state index is -0.122. The van der Waals surface area contributed by atoms with Gasteiger partial charge in [-0.25, -0.2) is 0 Å². The second-order valence-electron chi connectivity index (χ2n) is 6.98. The van der Waals surface area contributed by atoms with Crippen molar-refractivity contribution in [3.05, 3.63) is 65.1 Å². The number of nitrogens with zero attached hydrogens (tertiary/aromatic N) is 2. The van der Waals surface area contributed by atoms with Crippen LogP contribution in [-0.2, 0) is 17.8 Å². The second kappa shape index (κ2) is 7.48. The number of amides is 1. The van der Waals surface area contributed by atoms with E-state index >= 15 is 0 Å². The lowest BCUT2D eigenvalue weighted by molar-refractivity contribution is 0.0946. The molecule has 0 aliphatic rings. The summed E-state index contributed by atoms with van der Waals surface area (Å²) < 4.78 is 7.06. The minimum absolute atomic E-state index is 0.122. The fourth-order valence-corrected chi connectivity index (χ4v) is 3.66. The molecule has 0 radical (unpaired) electrons. The number of aryl methyl sites for hydroxylation is 1. The number of aromatic nitrogens is 3. The first-order chi connectivity index (χ1) is 13.6. The van der Waals surface area contributed by atoms with E-state index in [9.17, 15) is 4.79 Å². The van der Waals surface area contributed by atoms with Crippen LogP contribution in [-0.4, -0.2) is 34.4 Å². The van der Waals surface area contributed by atoms with Gasteiger partial charge in [-0.3, -0.25) is 9.48 Å². The van der Waals surface area contributed by atoms with Gasteiger partial charge in [0, 0.05) is 35.8 Å². The number of methoxy groups -OCH3 is 1. The Morgan fingerprint density at radius 2 is 2.00 bits per heavy atom. The largest absolute Gasteiger partial charge is 0.383 e. The third-order valence-electron chi connectivity index (χ3n) is 5.24. The Labute approximate surface area is 163 Å². The van der Waals surface area contributed by atoms with Crippen molar-refractivity contribution in [1.82, 2.24) is 20.1 Å². The summed E-state index contributed by atoms with van der Waals surface area (Å²) in [5, 5.41) is 10.9. The average molecular weight is 376 g/mol. The van der Waals surface area contributed by atoms with E-state index in [4.69, 9.17) is 4.74 Å². The predicted molar refractivity (Wildman–Crippen MR) is 111 cm³/mol. The van der Waals surface area contributed by atoms with Crippen LogP contribution in [0.2, 0.25) is 0 Å². The van der Waals surface area contributed by atoms with Gasteiger partial charge in [0.15, 0.2) is 0 Å². The van der Waals surface area contributed by atoms with Crippen LogP contribution in [0.15, 0.2) is 42.5 Å². The molecule has 6 heteroatoms. The third-order valence-corrected chi connectivity index (χ3v) is 5.24. The minimum Gasteiger partial charge on any atom is -0.383 e. The molecule has 28 heavy (non-hydrogen) atoms. The lowest BCUT2D eigenvalue weighted by atomic mass is 10.1. The van der Waals surface area contributed by atoms with Crippen molar-refractivity contribution < 1.29 is 9.53 Å². The molecule has 2 aromatic heterocycles. The molecule has 144 valence electrons. The monoisotopic (exact) mass is 376 g/mol. The topological polar surface area (TPSA) is 71.9 Å². The van der Waals surface area contributed by atoms with Gasteiger partial charge in [-0.2, -0.15) is 5.10 Å². The summed E-state index contributed by atoms with van der Waals surface area (Å²) in [5.41, 5.74) is 4.55. The molecule has 2 heterocycles. The van der Waals surface area contributed by atoms with Crippen LogP contribution in [0.25, 0.3) is 21.7 Å². The SMILES string of the molecule is COCCn1nc(C)c(CNC(=O)c2cc3c(ccc4ccccc43)[nH]2)c1C. The smallest absolute Gasteiger partial charge is 0.267 e. The molecule has 0 saturated heterocycles. The van der Waals surface area contributed by atoms with Crippen LogP contribution in [0.5, 0.6) is 0 Å². The molecular weight excluding hydrogens is 352 g/mol. The maximum atomic E-state index is 12.7. The first-order valence-corrected chi connectivity index (χ1v) is 9.39. The Hall–Kier alpha value is -3.12. The number of carbonyl (C=O) groups excluding carboxylic acids is 1. The number of benzene rings is 2. The van der Waals surface area contributed by atoms with Gasteiger partial charge in [-0.05, 0) is 36.8 Å². The van der Waals surface area contributed by atoms with E-state index in [1.54, 1.807) is 7.11 Å². The quantitative estimate of drug-likeness (QED) is 0.539. The maximum Gasteiger partial charge on any atom is 0.267 e. The van der Waals surface area contributed by atoms with Gasteiger partial charge in [0.05, 0.1) is 18.8 Å². The number of nitrogens with one attached hydrogen (secondary N) is 2. The van der Waals surface area contributed by atoms with Gasteiger partial charge in [-0.15, -0.1) is 0 Å². The number of carbonyl (C=O) groups is 1. The molecule has 1 amide bonds. The van der Waals surface area contributed by atoms with Crippen LogP contribution in [0.3, 0.4) is 0 Å². The summed E-state index contributed by atoms with van der Waals surface area (Å²) in [5.74, 6) is -0.122. The molecule has 0 atom stereocenters. The fourth-order valence-electron chi connectivity index (χ4n) is 3.66. The summed E-state index contributed by atoms with van der Waals surface area (Å²) >= 11 is 0. The molecule has 4 rings (SSSR count). The van der Waals surface area contributed by atoms with Crippen LogP contribution in [0.1, 0.15) is 27.4 Å². The summed E-state index contributed by atoms with van der Waals surface area (Å²) in [7, 11) is 1.68. The van der Waals surface area contributed by atoms with Crippen LogP contribution >= 0.6 is 0 Å².